The first-order chi connectivity index (χ1) is 8.61. The van der Waals surface area contributed by atoms with Crippen molar-refractivity contribution in [2.24, 2.45) is 0 Å². The van der Waals surface area contributed by atoms with Gasteiger partial charge in [0.1, 0.15) is 17.7 Å². The van der Waals surface area contributed by atoms with E-state index in [2.05, 4.69) is 0 Å². The van der Waals surface area contributed by atoms with Gasteiger partial charge in [-0.25, -0.2) is 4.39 Å². The second kappa shape index (κ2) is 7.66. The summed E-state index contributed by atoms with van der Waals surface area (Å²) >= 11 is 0. The zero-order chi connectivity index (χ0) is 13.4. The summed E-state index contributed by atoms with van der Waals surface area (Å²) in [4.78, 5) is 10.6. The molecule has 0 saturated carbocycles. The molecule has 0 saturated heterocycles. The van der Waals surface area contributed by atoms with Crippen LogP contribution in [0.5, 0.6) is 5.75 Å². The van der Waals surface area contributed by atoms with Gasteiger partial charge in [-0.15, -0.1) is 0 Å². The minimum absolute atomic E-state index is 0.0219. The first-order valence-corrected chi connectivity index (χ1v) is 5.78. The summed E-state index contributed by atoms with van der Waals surface area (Å²) in [5.41, 5.74) is 0. The van der Waals surface area contributed by atoms with Crippen molar-refractivity contribution in [2.45, 2.75) is 25.9 Å². The Hall–Kier alpha value is -1.62. The van der Waals surface area contributed by atoms with Crippen LogP contribution in [0, 0.1) is 5.82 Å². The Bertz CT molecular complexity index is 364. The molecular formula is C13H17FO4. The molecule has 0 bridgehead atoms. The van der Waals surface area contributed by atoms with Crippen LogP contribution in [0.25, 0.3) is 0 Å². The number of carbonyl (C=O) groups is 1. The first-order valence-electron chi connectivity index (χ1n) is 5.78. The molecule has 0 aliphatic heterocycles. The highest BCUT2D eigenvalue weighted by molar-refractivity contribution is 5.65. The summed E-state index contributed by atoms with van der Waals surface area (Å²) in [7, 11) is 0. The Kier molecular flexibility index (Phi) is 6.14. The van der Waals surface area contributed by atoms with E-state index in [9.17, 15) is 9.18 Å². The van der Waals surface area contributed by atoms with Gasteiger partial charge in [0.2, 0.25) is 0 Å². The molecule has 1 N–H and O–H groups in total. The number of hydrogen-bond donors (Lipinski definition) is 1. The molecule has 0 amide bonds. The van der Waals surface area contributed by atoms with E-state index in [-0.39, 0.29) is 31.1 Å². The third-order valence-electron chi connectivity index (χ3n) is 2.31. The normalized spacial score (nSPS) is 11.9. The van der Waals surface area contributed by atoms with Gasteiger partial charge in [-0.05, 0) is 24.3 Å². The minimum Gasteiger partial charge on any atom is -0.490 e. The fourth-order valence-corrected chi connectivity index (χ4v) is 1.45. The summed E-state index contributed by atoms with van der Waals surface area (Å²) in [5, 5.41) is 8.92. The molecule has 0 aliphatic carbocycles. The molecule has 1 aromatic carbocycles. The molecule has 100 valence electrons. The Morgan fingerprint density at radius 1 is 1.33 bits per heavy atom. The van der Waals surface area contributed by atoms with Gasteiger partial charge in [-0.3, -0.25) is 4.79 Å². The van der Waals surface area contributed by atoms with Crippen LogP contribution >= 0.6 is 0 Å². The van der Waals surface area contributed by atoms with Crippen molar-refractivity contribution in [2.75, 3.05) is 13.2 Å². The molecule has 0 heterocycles. The molecule has 1 aromatic rings. The van der Waals surface area contributed by atoms with Crippen LogP contribution in [-0.4, -0.2) is 30.4 Å². The second-order valence-electron chi connectivity index (χ2n) is 3.83. The average molecular weight is 256 g/mol. The number of ether oxygens (including phenoxy) is 2. The summed E-state index contributed by atoms with van der Waals surface area (Å²) < 4.78 is 23.1. The van der Waals surface area contributed by atoms with Crippen molar-refractivity contribution in [3.63, 3.8) is 0 Å². The molecule has 18 heavy (non-hydrogen) atoms. The fraction of sp³-hybridized carbons (Fsp3) is 0.462. The summed E-state index contributed by atoms with van der Waals surface area (Å²) in [5.74, 6) is -0.154. The van der Waals surface area contributed by atoms with E-state index in [0.29, 0.717) is 18.6 Å². The van der Waals surface area contributed by atoms with Crippen LogP contribution in [0.3, 0.4) is 0 Å². The third-order valence-corrected chi connectivity index (χ3v) is 2.31. The minimum atomic E-state index is -0.348. The van der Waals surface area contributed by atoms with Crippen molar-refractivity contribution < 1.29 is 23.8 Å². The maximum absolute atomic E-state index is 12.7. The highest BCUT2D eigenvalue weighted by Crippen LogP contribution is 2.15. The van der Waals surface area contributed by atoms with Crippen LogP contribution in [-0.2, 0) is 9.53 Å². The molecule has 1 rings (SSSR count). The van der Waals surface area contributed by atoms with Crippen LogP contribution in [0.4, 0.5) is 4.39 Å². The lowest BCUT2D eigenvalue weighted by atomic mass is 10.2. The second-order valence-corrected chi connectivity index (χ2v) is 3.83. The molecule has 1 unspecified atom stereocenters. The third kappa shape index (κ3) is 5.63. The Morgan fingerprint density at radius 3 is 2.56 bits per heavy atom. The molecule has 4 nitrogen and oxygen atoms in total. The Balaban J connectivity index is 2.46. The molecule has 0 fully saturated rings. The lowest BCUT2D eigenvalue weighted by Crippen LogP contribution is -2.21. The van der Waals surface area contributed by atoms with E-state index >= 15 is 0 Å². The van der Waals surface area contributed by atoms with E-state index in [1.165, 1.54) is 31.2 Å². The lowest BCUT2D eigenvalue weighted by Gasteiger charge is -2.18. The van der Waals surface area contributed by atoms with Crippen molar-refractivity contribution in [1.29, 1.82) is 0 Å². The van der Waals surface area contributed by atoms with Gasteiger partial charge in [0.25, 0.3) is 0 Å². The zero-order valence-electron chi connectivity index (χ0n) is 10.3. The van der Waals surface area contributed by atoms with Crippen LogP contribution < -0.4 is 4.74 Å². The Morgan fingerprint density at radius 2 is 2.00 bits per heavy atom. The first kappa shape index (κ1) is 14.4. The van der Waals surface area contributed by atoms with Gasteiger partial charge in [0.15, 0.2) is 0 Å². The Labute approximate surface area is 105 Å². The fourth-order valence-electron chi connectivity index (χ4n) is 1.45. The van der Waals surface area contributed by atoms with E-state index in [1.54, 1.807) is 0 Å². The smallest absolute Gasteiger partial charge is 0.302 e. The van der Waals surface area contributed by atoms with Crippen molar-refractivity contribution >= 4 is 5.97 Å². The van der Waals surface area contributed by atoms with Crippen LogP contribution in [0.1, 0.15) is 19.8 Å². The number of rotatable bonds is 7. The number of benzene rings is 1. The van der Waals surface area contributed by atoms with Crippen LogP contribution in [0.15, 0.2) is 24.3 Å². The quantitative estimate of drug-likeness (QED) is 0.757. The number of esters is 1. The monoisotopic (exact) mass is 256 g/mol. The predicted octanol–water partition coefficient (Wildman–Crippen LogP) is 1.91. The molecule has 0 radical (unpaired) electrons. The van der Waals surface area contributed by atoms with Gasteiger partial charge in [-0.1, -0.05) is 0 Å². The van der Waals surface area contributed by atoms with Crippen molar-refractivity contribution in [1.82, 2.24) is 0 Å². The highest BCUT2D eigenvalue weighted by atomic mass is 19.1. The molecule has 0 spiro atoms. The van der Waals surface area contributed by atoms with E-state index < -0.39 is 0 Å². The van der Waals surface area contributed by atoms with Gasteiger partial charge < -0.3 is 14.6 Å². The van der Waals surface area contributed by atoms with Crippen LogP contribution in [0.2, 0.25) is 0 Å². The largest absolute Gasteiger partial charge is 0.490 e. The zero-order valence-corrected chi connectivity index (χ0v) is 10.3. The van der Waals surface area contributed by atoms with Crippen molar-refractivity contribution in [3.05, 3.63) is 30.1 Å². The molecule has 1 atom stereocenters. The average Bonchev–Trinajstić information content (AvgIpc) is 2.32. The van der Waals surface area contributed by atoms with E-state index in [1.807, 2.05) is 0 Å². The SMILES string of the molecule is CC(=O)OCCC(CCO)Oc1ccc(F)cc1. The topological polar surface area (TPSA) is 55.8 Å². The van der Waals surface area contributed by atoms with E-state index in [4.69, 9.17) is 14.6 Å². The molecule has 0 aromatic heterocycles. The summed E-state index contributed by atoms with van der Waals surface area (Å²) in [6.07, 6.45) is 0.649. The standard InChI is InChI=1S/C13H17FO4/c1-10(16)17-9-7-13(6-8-15)18-12-4-2-11(14)3-5-12/h2-5,13,15H,6-9H2,1H3. The maximum Gasteiger partial charge on any atom is 0.302 e. The van der Waals surface area contributed by atoms with Gasteiger partial charge >= 0.3 is 5.97 Å². The van der Waals surface area contributed by atoms with Gasteiger partial charge in [0, 0.05) is 26.4 Å². The summed E-state index contributed by atoms with van der Waals surface area (Å²) in [6, 6.07) is 5.64. The predicted molar refractivity (Wildman–Crippen MR) is 63.8 cm³/mol. The van der Waals surface area contributed by atoms with E-state index in [0.717, 1.165) is 0 Å². The number of aliphatic hydroxyl groups excluding tert-OH is 1. The lowest BCUT2D eigenvalue weighted by molar-refractivity contribution is -0.141. The molecule has 5 heteroatoms. The number of hydrogen-bond acceptors (Lipinski definition) is 4. The maximum atomic E-state index is 12.7. The van der Waals surface area contributed by atoms with Gasteiger partial charge in [0.05, 0.1) is 6.61 Å². The van der Waals surface area contributed by atoms with Crippen molar-refractivity contribution in [3.8, 4) is 5.75 Å². The number of carbonyl (C=O) groups excluding carboxylic acids is 1. The summed E-state index contributed by atoms with van der Waals surface area (Å²) in [6.45, 7) is 1.55. The molecular weight excluding hydrogens is 239 g/mol. The number of halogens is 1. The number of aliphatic hydroxyl groups is 1. The molecule has 0 aliphatic rings. The van der Waals surface area contributed by atoms with Gasteiger partial charge in [-0.2, -0.15) is 0 Å². The highest BCUT2D eigenvalue weighted by Gasteiger charge is 2.11.